The van der Waals surface area contributed by atoms with E-state index in [-0.39, 0.29) is 11.6 Å². The van der Waals surface area contributed by atoms with Gasteiger partial charge in [-0.25, -0.2) is 8.78 Å². The maximum absolute atomic E-state index is 13.6. The first-order valence-electron chi connectivity index (χ1n) is 8.37. The molecule has 0 saturated carbocycles. The fourth-order valence-corrected chi connectivity index (χ4v) is 2.81. The van der Waals surface area contributed by atoms with Gasteiger partial charge in [-0.2, -0.15) is 0 Å². The molecule has 1 fully saturated rings. The molecular formula is C19H19F2N3O2. The lowest BCUT2D eigenvalue weighted by molar-refractivity contribution is -0.117. The maximum atomic E-state index is 13.6. The normalized spacial score (nSPS) is 15.0. The molecule has 0 bridgehead atoms. The van der Waals surface area contributed by atoms with Crippen molar-refractivity contribution in [3.05, 3.63) is 54.1 Å². The van der Waals surface area contributed by atoms with Gasteiger partial charge in [0.15, 0.2) is 0 Å². The number of nitrogens with zero attached hydrogens (tertiary/aromatic N) is 1. The van der Waals surface area contributed by atoms with Crippen molar-refractivity contribution in [2.75, 3.05) is 22.1 Å². The van der Waals surface area contributed by atoms with Crippen LogP contribution in [-0.4, -0.2) is 24.4 Å². The Bertz CT molecular complexity index is 824. The number of halogens is 2. The van der Waals surface area contributed by atoms with Crippen LogP contribution in [0, 0.1) is 11.6 Å². The van der Waals surface area contributed by atoms with Gasteiger partial charge in [0.25, 0.3) is 0 Å². The summed E-state index contributed by atoms with van der Waals surface area (Å²) in [4.78, 5) is 25.7. The van der Waals surface area contributed by atoms with Crippen molar-refractivity contribution in [1.82, 2.24) is 0 Å². The second kappa shape index (κ2) is 7.51. The second-order valence-corrected chi connectivity index (χ2v) is 6.18. The Morgan fingerprint density at radius 2 is 1.88 bits per heavy atom. The quantitative estimate of drug-likeness (QED) is 0.859. The van der Waals surface area contributed by atoms with Crippen molar-refractivity contribution in [3.63, 3.8) is 0 Å². The molecule has 2 amide bonds. The van der Waals surface area contributed by atoms with Gasteiger partial charge in [0.2, 0.25) is 11.8 Å². The van der Waals surface area contributed by atoms with Gasteiger partial charge in [0, 0.05) is 30.4 Å². The number of benzene rings is 2. The summed E-state index contributed by atoms with van der Waals surface area (Å²) in [6.07, 6.45) is 1.42. The van der Waals surface area contributed by atoms with Crippen LogP contribution in [0.3, 0.4) is 0 Å². The molecule has 0 spiro atoms. The molecule has 136 valence electrons. The number of rotatable bonds is 5. The molecular weight excluding hydrogens is 340 g/mol. The highest BCUT2D eigenvalue weighted by Crippen LogP contribution is 2.23. The summed E-state index contributed by atoms with van der Waals surface area (Å²) >= 11 is 0. The molecule has 1 unspecified atom stereocenters. The zero-order chi connectivity index (χ0) is 18.7. The second-order valence-electron chi connectivity index (χ2n) is 6.18. The summed E-state index contributed by atoms with van der Waals surface area (Å²) in [5.74, 6) is -1.72. The van der Waals surface area contributed by atoms with Crippen LogP contribution in [0.25, 0.3) is 0 Å². The van der Waals surface area contributed by atoms with E-state index in [4.69, 9.17) is 0 Å². The van der Waals surface area contributed by atoms with Crippen molar-refractivity contribution in [1.29, 1.82) is 0 Å². The molecule has 3 rings (SSSR count). The van der Waals surface area contributed by atoms with Gasteiger partial charge in [0.05, 0.1) is 5.69 Å². The largest absolute Gasteiger partial charge is 0.374 e. The minimum Gasteiger partial charge on any atom is -0.374 e. The van der Waals surface area contributed by atoms with Crippen LogP contribution >= 0.6 is 0 Å². The van der Waals surface area contributed by atoms with E-state index in [1.165, 1.54) is 0 Å². The predicted molar refractivity (Wildman–Crippen MR) is 96.1 cm³/mol. The molecule has 5 nitrogen and oxygen atoms in total. The number of carbonyl (C=O) groups is 2. The van der Waals surface area contributed by atoms with Crippen LogP contribution in [0.5, 0.6) is 0 Å². The number of carbonyl (C=O) groups excluding carboxylic acids is 2. The van der Waals surface area contributed by atoms with E-state index >= 15 is 0 Å². The highest BCUT2D eigenvalue weighted by molar-refractivity contribution is 5.97. The summed E-state index contributed by atoms with van der Waals surface area (Å²) in [6.45, 7) is 2.33. The maximum Gasteiger partial charge on any atom is 0.246 e. The molecule has 26 heavy (non-hydrogen) atoms. The van der Waals surface area contributed by atoms with Crippen molar-refractivity contribution in [2.45, 2.75) is 25.8 Å². The number of hydrogen-bond donors (Lipinski definition) is 2. The fraction of sp³-hybridized carbons (Fsp3) is 0.263. The molecule has 0 radical (unpaired) electrons. The van der Waals surface area contributed by atoms with Gasteiger partial charge in [-0.05, 0) is 49.7 Å². The van der Waals surface area contributed by atoms with Gasteiger partial charge in [-0.1, -0.05) is 0 Å². The molecule has 7 heteroatoms. The third kappa shape index (κ3) is 3.99. The zero-order valence-corrected chi connectivity index (χ0v) is 14.3. The lowest BCUT2D eigenvalue weighted by Gasteiger charge is -2.18. The molecule has 1 atom stereocenters. The van der Waals surface area contributed by atoms with Gasteiger partial charge in [0.1, 0.15) is 17.7 Å². The summed E-state index contributed by atoms with van der Waals surface area (Å²) in [5.41, 5.74) is 1.30. The average Bonchev–Trinajstić information content (AvgIpc) is 3.04. The Labute approximate surface area is 150 Å². The minimum absolute atomic E-state index is 0.107. The van der Waals surface area contributed by atoms with Gasteiger partial charge < -0.3 is 15.5 Å². The molecule has 1 aliphatic heterocycles. The molecule has 2 aromatic carbocycles. The molecule has 2 aromatic rings. The van der Waals surface area contributed by atoms with Crippen molar-refractivity contribution < 1.29 is 18.4 Å². The standard InChI is InChI=1S/C19H19F2N3O2/c1-12(19(26)23-17-11-13(20)4-9-16(17)21)22-14-5-7-15(8-6-14)24-10-2-3-18(24)25/h4-9,11-12,22H,2-3,10H2,1H3,(H,23,26). The molecule has 1 heterocycles. The van der Waals surface area contributed by atoms with Gasteiger partial charge in [-0.15, -0.1) is 0 Å². The first-order chi connectivity index (χ1) is 12.4. The van der Waals surface area contributed by atoms with E-state index < -0.39 is 23.6 Å². The van der Waals surface area contributed by atoms with E-state index in [1.54, 1.807) is 24.0 Å². The van der Waals surface area contributed by atoms with Crippen LogP contribution in [0.2, 0.25) is 0 Å². The summed E-state index contributed by atoms with van der Waals surface area (Å²) in [5, 5.41) is 5.36. The lowest BCUT2D eigenvalue weighted by Crippen LogP contribution is -2.32. The van der Waals surface area contributed by atoms with Gasteiger partial charge in [-0.3, -0.25) is 9.59 Å². The topological polar surface area (TPSA) is 61.4 Å². The molecule has 1 saturated heterocycles. The summed E-state index contributed by atoms with van der Waals surface area (Å²) < 4.78 is 26.8. The molecule has 0 aliphatic carbocycles. The molecule has 1 aliphatic rings. The highest BCUT2D eigenvalue weighted by atomic mass is 19.1. The average molecular weight is 359 g/mol. The zero-order valence-electron chi connectivity index (χ0n) is 14.3. The molecule has 2 N–H and O–H groups in total. The van der Waals surface area contributed by atoms with E-state index in [9.17, 15) is 18.4 Å². The van der Waals surface area contributed by atoms with Crippen LogP contribution < -0.4 is 15.5 Å². The van der Waals surface area contributed by atoms with E-state index in [0.717, 1.165) is 30.3 Å². The van der Waals surface area contributed by atoms with Crippen molar-refractivity contribution in [2.24, 2.45) is 0 Å². The Kier molecular flexibility index (Phi) is 5.16. The first kappa shape index (κ1) is 17.8. The highest BCUT2D eigenvalue weighted by Gasteiger charge is 2.21. The monoisotopic (exact) mass is 359 g/mol. The Balaban J connectivity index is 1.62. The number of nitrogens with one attached hydrogen (secondary N) is 2. The van der Waals surface area contributed by atoms with E-state index in [1.807, 2.05) is 12.1 Å². The van der Waals surface area contributed by atoms with E-state index in [0.29, 0.717) is 18.7 Å². The lowest BCUT2D eigenvalue weighted by atomic mass is 10.2. The molecule has 0 aromatic heterocycles. The summed E-state index contributed by atoms with van der Waals surface area (Å²) in [7, 11) is 0. The van der Waals surface area contributed by atoms with Crippen LogP contribution in [0.15, 0.2) is 42.5 Å². The van der Waals surface area contributed by atoms with Crippen molar-refractivity contribution in [3.8, 4) is 0 Å². The number of hydrogen-bond acceptors (Lipinski definition) is 3. The number of amides is 2. The SMILES string of the molecule is CC(Nc1ccc(N2CCCC2=O)cc1)C(=O)Nc1cc(F)ccc1F. The predicted octanol–water partition coefficient (Wildman–Crippen LogP) is 3.53. The third-order valence-corrected chi connectivity index (χ3v) is 4.22. The van der Waals surface area contributed by atoms with E-state index in [2.05, 4.69) is 10.6 Å². The minimum atomic E-state index is -0.702. The van der Waals surface area contributed by atoms with Crippen LogP contribution in [-0.2, 0) is 9.59 Å². The Morgan fingerprint density at radius 3 is 2.54 bits per heavy atom. The number of anilines is 3. The fourth-order valence-electron chi connectivity index (χ4n) is 2.81. The van der Waals surface area contributed by atoms with Crippen LogP contribution in [0.4, 0.5) is 25.8 Å². The summed E-state index contributed by atoms with van der Waals surface area (Å²) in [6, 6.07) is 9.37. The first-order valence-corrected chi connectivity index (χ1v) is 8.37. The Morgan fingerprint density at radius 1 is 1.15 bits per heavy atom. The van der Waals surface area contributed by atoms with Gasteiger partial charge >= 0.3 is 0 Å². The van der Waals surface area contributed by atoms with Crippen LogP contribution in [0.1, 0.15) is 19.8 Å². The third-order valence-electron chi connectivity index (χ3n) is 4.22. The van der Waals surface area contributed by atoms with Crippen molar-refractivity contribution >= 4 is 28.9 Å². The Hall–Kier alpha value is -2.96. The smallest absolute Gasteiger partial charge is 0.246 e.